The minimum atomic E-state index is 0.163. The summed E-state index contributed by atoms with van der Waals surface area (Å²) in [5.74, 6) is 0.788. The van der Waals surface area contributed by atoms with Crippen molar-refractivity contribution in [3.05, 3.63) is 35.5 Å². The maximum atomic E-state index is 13.0. The van der Waals surface area contributed by atoms with E-state index < -0.39 is 0 Å². The Morgan fingerprint density at radius 2 is 1.78 bits per heavy atom. The fourth-order valence-electron chi connectivity index (χ4n) is 4.56. The van der Waals surface area contributed by atoms with E-state index in [1.54, 1.807) is 0 Å². The number of fused-ring (bicyclic) bond motifs is 1. The molecule has 5 heteroatoms. The van der Waals surface area contributed by atoms with Crippen LogP contribution in [0.3, 0.4) is 0 Å². The van der Waals surface area contributed by atoms with Crippen molar-refractivity contribution in [3.8, 4) is 0 Å². The predicted molar refractivity (Wildman–Crippen MR) is 110 cm³/mol. The van der Waals surface area contributed by atoms with Gasteiger partial charge in [0.25, 0.3) is 5.91 Å². The Labute approximate surface area is 162 Å². The van der Waals surface area contributed by atoms with Crippen molar-refractivity contribution in [2.45, 2.75) is 38.6 Å². The molecule has 1 amide bonds. The smallest absolute Gasteiger partial charge is 0.254 e. The standard InChI is InChI=1S/C22H32N4O/c1-16(2)25-10-12-26(13-11-25)22(27)18-4-5-19-20(15-23-21(19)14-18)17-6-8-24(3)9-7-17/h4-5,14-17,23H,6-13H2,1-3H3. The molecular weight excluding hydrogens is 336 g/mol. The molecule has 2 aromatic rings. The number of nitrogens with zero attached hydrogens (tertiary/aromatic N) is 3. The van der Waals surface area contributed by atoms with Crippen LogP contribution in [0.15, 0.2) is 24.4 Å². The van der Waals surface area contributed by atoms with Gasteiger partial charge >= 0.3 is 0 Å². The molecule has 1 aromatic carbocycles. The number of rotatable bonds is 3. The Bertz CT molecular complexity index is 796. The quantitative estimate of drug-likeness (QED) is 0.905. The van der Waals surface area contributed by atoms with Gasteiger partial charge in [-0.15, -0.1) is 0 Å². The summed E-state index contributed by atoms with van der Waals surface area (Å²) in [6.45, 7) is 10.3. The molecule has 3 heterocycles. The van der Waals surface area contributed by atoms with E-state index in [9.17, 15) is 4.79 Å². The Morgan fingerprint density at radius 1 is 1.07 bits per heavy atom. The normalized spacial score (nSPS) is 20.7. The van der Waals surface area contributed by atoms with Gasteiger partial charge in [0.1, 0.15) is 0 Å². The summed E-state index contributed by atoms with van der Waals surface area (Å²) in [7, 11) is 2.20. The molecule has 0 bridgehead atoms. The number of carbonyl (C=O) groups is 1. The van der Waals surface area contributed by atoms with Crippen LogP contribution in [-0.2, 0) is 0 Å². The number of piperazine rings is 1. The Morgan fingerprint density at radius 3 is 2.44 bits per heavy atom. The molecule has 0 saturated carbocycles. The molecule has 2 fully saturated rings. The Balaban J connectivity index is 1.48. The van der Waals surface area contributed by atoms with Gasteiger partial charge in [-0.05, 0) is 70.4 Å². The molecule has 0 spiro atoms. The molecule has 0 unspecified atom stereocenters. The average molecular weight is 369 g/mol. The number of hydrogen-bond acceptors (Lipinski definition) is 3. The Kier molecular flexibility index (Phi) is 5.24. The number of likely N-dealkylation sites (tertiary alicyclic amines) is 1. The van der Waals surface area contributed by atoms with E-state index in [-0.39, 0.29) is 5.91 Å². The van der Waals surface area contributed by atoms with Gasteiger partial charge in [0.15, 0.2) is 0 Å². The zero-order valence-electron chi connectivity index (χ0n) is 16.9. The molecule has 0 atom stereocenters. The number of hydrogen-bond donors (Lipinski definition) is 1. The first-order valence-electron chi connectivity index (χ1n) is 10.4. The van der Waals surface area contributed by atoms with Gasteiger partial charge in [0.2, 0.25) is 0 Å². The molecule has 2 saturated heterocycles. The molecule has 146 valence electrons. The van der Waals surface area contributed by atoms with Crippen LogP contribution in [-0.4, -0.2) is 77.9 Å². The molecule has 1 aromatic heterocycles. The van der Waals surface area contributed by atoms with Gasteiger partial charge in [-0.2, -0.15) is 0 Å². The summed E-state index contributed by atoms with van der Waals surface area (Å²) in [5.41, 5.74) is 3.32. The topological polar surface area (TPSA) is 42.6 Å². The first kappa shape index (κ1) is 18.5. The van der Waals surface area contributed by atoms with Crippen LogP contribution in [0.2, 0.25) is 0 Å². The minimum Gasteiger partial charge on any atom is -0.361 e. The number of benzene rings is 1. The van der Waals surface area contributed by atoms with Crippen LogP contribution < -0.4 is 0 Å². The van der Waals surface area contributed by atoms with Crippen LogP contribution in [0.1, 0.15) is 48.5 Å². The number of nitrogens with one attached hydrogen (secondary N) is 1. The van der Waals surface area contributed by atoms with E-state index in [1.165, 1.54) is 23.8 Å². The summed E-state index contributed by atoms with van der Waals surface area (Å²) in [4.78, 5) is 23.2. The number of aromatic amines is 1. The van der Waals surface area contributed by atoms with Crippen molar-refractivity contribution in [2.75, 3.05) is 46.3 Å². The summed E-state index contributed by atoms with van der Waals surface area (Å²) in [6.07, 6.45) is 4.59. The number of H-pyrrole nitrogens is 1. The zero-order chi connectivity index (χ0) is 19.0. The molecule has 1 N–H and O–H groups in total. The first-order chi connectivity index (χ1) is 13.0. The van der Waals surface area contributed by atoms with E-state index in [0.29, 0.717) is 12.0 Å². The second-order valence-corrected chi connectivity index (χ2v) is 8.50. The monoisotopic (exact) mass is 368 g/mol. The lowest BCUT2D eigenvalue weighted by Crippen LogP contribution is -2.50. The van der Waals surface area contributed by atoms with Crippen molar-refractivity contribution in [2.24, 2.45) is 0 Å². The molecule has 5 nitrogen and oxygen atoms in total. The van der Waals surface area contributed by atoms with Gasteiger partial charge in [-0.1, -0.05) is 6.07 Å². The van der Waals surface area contributed by atoms with Gasteiger partial charge in [0, 0.05) is 54.9 Å². The maximum Gasteiger partial charge on any atom is 0.254 e. The highest BCUT2D eigenvalue weighted by Crippen LogP contribution is 2.33. The largest absolute Gasteiger partial charge is 0.361 e. The maximum absolute atomic E-state index is 13.0. The van der Waals surface area contributed by atoms with Crippen molar-refractivity contribution < 1.29 is 4.79 Å². The van der Waals surface area contributed by atoms with Crippen LogP contribution in [0.25, 0.3) is 10.9 Å². The number of amides is 1. The van der Waals surface area contributed by atoms with Crippen LogP contribution in [0.4, 0.5) is 0 Å². The average Bonchev–Trinajstić information content (AvgIpc) is 3.11. The van der Waals surface area contributed by atoms with Crippen molar-refractivity contribution >= 4 is 16.8 Å². The van der Waals surface area contributed by atoms with Crippen LogP contribution in [0.5, 0.6) is 0 Å². The number of carbonyl (C=O) groups excluding carboxylic acids is 1. The highest BCUT2D eigenvalue weighted by molar-refractivity contribution is 5.98. The lowest BCUT2D eigenvalue weighted by Gasteiger charge is -2.37. The van der Waals surface area contributed by atoms with Crippen molar-refractivity contribution in [1.29, 1.82) is 0 Å². The SMILES string of the molecule is CC(C)N1CCN(C(=O)c2ccc3c(C4CCN(C)CC4)c[nH]c3c2)CC1. The Hall–Kier alpha value is -1.85. The molecule has 4 rings (SSSR count). The molecule has 2 aliphatic rings. The molecule has 0 aliphatic carbocycles. The number of piperidine rings is 1. The van der Waals surface area contributed by atoms with Crippen molar-refractivity contribution in [1.82, 2.24) is 19.7 Å². The predicted octanol–water partition coefficient (Wildman–Crippen LogP) is 3.14. The third kappa shape index (κ3) is 3.76. The van der Waals surface area contributed by atoms with E-state index in [4.69, 9.17) is 0 Å². The van der Waals surface area contributed by atoms with Gasteiger partial charge < -0.3 is 14.8 Å². The highest BCUT2D eigenvalue weighted by atomic mass is 16.2. The second kappa shape index (κ2) is 7.64. The van der Waals surface area contributed by atoms with Crippen molar-refractivity contribution in [3.63, 3.8) is 0 Å². The van der Waals surface area contributed by atoms with E-state index in [2.05, 4.69) is 47.9 Å². The minimum absolute atomic E-state index is 0.163. The van der Waals surface area contributed by atoms with Crippen LogP contribution >= 0.6 is 0 Å². The second-order valence-electron chi connectivity index (χ2n) is 8.50. The third-order valence-electron chi connectivity index (χ3n) is 6.45. The molecule has 0 radical (unpaired) electrons. The van der Waals surface area contributed by atoms with Gasteiger partial charge in [-0.25, -0.2) is 0 Å². The molecular formula is C22H32N4O. The van der Waals surface area contributed by atoms with E-state index in [1.807, 2.05) is 17.0 Å². The highest BCUT2D eigenvalue weighted by Gasteiger charge is 2.25. The fraction of sp³-hybridized carbons (Fsp3) is 0.591. The van der Waals surface area contributed by atoms with Gasteiger partial charge in [-0.3, -0.25) is 9.69 Å². The van der Waals surface area contributed by atoms with E-state index >= 15 is 0 Å². The zero-order valence-corrected chi connectivity index (χ0v) is 16.9. The number of aromatic nitrogens is 1. The summed E-state index contributed by atoms with van der Waals surface area (Å²) >= 11 is 0. The lowest BCUT2D eigenvalue weighted by atomic mass is 9.89. The first-order valence-corrected chi connectivity index (χ1v) is 10.4. The summed E-state index contributed by atoms with van der Waals surface area (Å²) in [5, 5.41) is 1.28. The molecule has 27 heavy (non-hydrogen) atoms. The van der Waals surface area contributed by atoms with Crippen LogP contribution in [0, 0.1) is 0 Å². The summed E-state index contributed by atoms with van der Waals surface area (Å²) < 4.78 is 0. The lowest BCUT2D eigenvalue weighted by molar-refractivity contribution is 0.0595. The van der Waals surface area contributed by atoms with Gasteiger partial charge in [0.05, 0.1) is 0 Å². The molecule has 2 aliphatic heterocycles. The summed E-state index contributed by atoms with van der Waals surface area (Å²) in [6, 6.07) is 6.77. The van der Waals surface area contributed by atoms with E-state index in [0.717, 1.165) is 50.3 Å². The fourth-order valence-corrected chi connectivity index (χ4v) is 4.56. The third-order valence-corrected chi connectivity index (χ3v) is 6.45.